The summed E-state index contributed by atoms with van der Waals surface area (Å²) < 4.78 is 3.50. The molecule has 0 aliphatic carbocycles. The average molecular weight is 417 g/mol. The second kappa shape index (κ2) is 7.38. The van der Waals surface area contributed by atoms with Crippen LogP contribution in [0.4, 0.5) is 0 Å². The van der Waals surface area contributed by atoms with Crippen molar-refractivity contribution >= 4 is 39.5 Å². The number of halogens is 1. The largest absolute Gasteiger partial charge is 0.240 e. The third-order valence-corrected chi connectivity index (χ3v) is 7.36. The Morgan fingerprint density at radius 2 is 1.79 bits per heavy atom. The quantitative estimate of drug-likeness (QED) is 0.508. The van der Waals surface area contributed by atoms with Crippen molar-refractivity contribution in [2.24, 2.45) is 0 Å². The summed E-state index contributed by atoms with van der Waals surface area (Å²) in [4.78, 5) is 0. The smallest absolute Gasteiger partial charge is 0.0946 e. The summed E-state index contributed by atoms with van der Waals surface area (Å²) in [5, 5.41) is 4.98. The third kappa shape index (κ3) is 3.44. The van der Waals surface area contributed by atoms with E-state index < -0.39 is 0 Å². The van der Waals surface area contributed by atoms with Gasteiger partial charge in [0.25, 0.3) is 0 Å². The van der Waals surface area contributed by atoms with Crippen molar-refractivity contribution in [1.29, 1.82) is 0 Å². The van der Waals surface area contributed by atoms with E-state index in [1.807, 2.05) is 40.3 Å². The summed E-state index contributed by atoms with van der Waals surface area (Å²) in [6.07, 6.45) is 3.46. The van der Waals surface area contributed by atoms with Crippen LogP contribution in [0.3, 0.4) is 0 Å². The Kier molecular flexibility index (Phi) is 5.01. The average Bonchev–Trinajstić information content (AvgIpc) is 3.09. The fourth-order valence-electron chi connectivity index (χ4n) is 2.80. The summed E-state index contributed by atoms with van der Waals surface area (Å²) >= 11 is 7.59. The molecule has 0 amide bonds. The molecule has 1 fully saturated rings. The molecule has 0 saturated carbocycles. The van der Waals surface area contributed by atoms with Crippen molar-refractivity contribution < 1.29 is 0 Å². The van der Waals surface area contributed by atoms with Gasteiger partial charge in [0, 0.05) is 16.2 Å². The minimum atomic E-state index is 0.419. The second-order valence-corrected chi connectivity index (χ2v) is 9.29. The molecule has 2 aromatic carbocycles. The molecule has 2 nitrogen and oxygen atoms in total. The van der Waals surface area contributed by atoms with Gasteiger partial charge in [-0.1, -0.05) is 52.3 Å². The number of benzene rings is 2. The van der Waals surface area contributed by atoms with Crippen molar-refractivity contribution in [1.82, 2.24) is 9.78 Å². The summed E-state index contributed by atoms with van der Waals surface area (Å²) in [7, 11) is 0. The number of hydrogen-bond acceptors (Lipinski definition) is 3. The number of rotatable bonds is 3. The van der Waals surface area contributed by atoms with Crippen LogP contribution in [-0.2, 0) is 0 Å². The van der Waals surface area contributed by atoms with E-state index in [1.54, 1.807) is 0 Å². The number of hydrogen-bond donors (Lipinski definition) is 0. The Labute approximate surface area is 159 Å². The first-order valence-corrected chi connectivity index (χ1v) is 10.8. The van der Waals surface area contributed by atoms with Gasteiger partial charge in [-0.15, -0.1) is 23.5 Å². The second-order valence-electron chi connectivity index (χ2n) is 5.65. The highest BCUT2D eigenvalue weighted by atomic mass is 79.9. The van der Waals surface area contributed by atoms with Crippen LogP contribution in [0, 0.1) is 0 Å². The van der Waals surface area contributed by atoms with Gasteiger partial charge in [0.2, 0.25) is 0 Å². The van der Waals surface area contributed by atoms with Crippen molar-refractivity contribution in [2.45, 2.75) is 11.0 Å². The Morgan fingerprint density at radius 1 is 1.00 bits per heavy atom. The molecule has 1 aromatic heterocycles. The molecule has 1 saturated heterocycles. The molecule has 4 rings (SSSR count). The lowest BCUT2D eigenvalue weighted by Crippen LogP contribution is -2.03. The first-order valence-electron chi connectivity index (χ1n) is 7.95. The molecule has 2 heterocycles. The van der Waals surface area contributed by atoms with Gasteiger partial charge in [-0.2, -0.15) is 5.10 Å². The van der Waals surface area contributed by atoms with Crippen LogP contribution in [0.5, 0.6) is 0 Å². The Balaban J connectivity index is 1.81. The summed E-state index contributed by atoms with van der Waals surface area (Å²) in [6.45, 7) is 0. The molecule has 0 unspecified atom stereocenters. The van der Waals surface area contributed by atoms with E-state index >= 15 is 0 Å². The van der Waals surface area contributed by atoms with E-state index in [9.17, 15) is 0 Å². The Bertz CT molecular complexity index is 826. The van der Waals surface area contributed by atoms with Crippen LogP contribution in [0.2, 0.25) is 0 Å². The highest BCUT2D eigenvalue weighted by Gasteiger charge is 2.24. The summed E-state index contributed by atoms with van der Waals surface area (Å²) in [5.74, 6) is 2.44. The van der Waals surface area contributed by atoms with Crippen molar-refractivity contribution in [2.75, 3.05) is 11.5 Å². The molecule has 0 atom stereocenters. The van der Waals surface area contributed by atoms with E-state index in [-0.39, 0.29) is 0 Å². The predicted molar refractivity (Wildman–Crippen MR) is 109 cm³/mol. The maximum absolute atomic E-state index is 4.98. The lowest BCUT2D eigenvalue weighted by atomic mass is 10.1. The third-order valence-electron chi connectivity index (χ3n) is 3.95. The number of aromatic nitrogens is 2. The van der Waals surface area contributed by atoms with Crippen LogP contribution in [0.15, 0.2) is 65.3 Å². The van der Waals surface area contributed by atoms with Crippen LogP contribution in [-0.4, -0.2) is 21.3 Å². The highest BCUT2D eigenvalue weighted by Crippen LogP contribution is 2.46. The maximum Gasteiger partial charge on any atom is 0.0946 e. The van der Waals surface area contributed by atoms with Gasteiger partial charge in [-0.25, -0.2) is 4.68 Å². The van der Waals surface area contributed by atoms with Crippen molar-refractivity contribution in [3.05, 3.63) is 71.0 Å². The lowest BCUT2D eigenvalue weighted by Gasteiger charge is -2.20. The molecular weight excluding hydrogens is 400 g/mol. The molecule has 5 heteroatoms. The zero-order chi connectivity index (χ0) is 16.4. The molecule has 0 radical (unpaired) electrons. The topological polar surface area (TPSA) is 17.8 Å². The fourth-order valence-corrected chi connectivity index (χ4v) is 6.04. The molecule has 122 valence electrons. The molecule has 1 aliphatic heterocycles. The molecular formula is C19H17BrN2S2. The molecule has 0 N–H and O–H groups in total. The van der Waals surface area contributed by atoms with Gasteiger partial charge >= 0.3 is 0 Å². The summed E-state index contributed by atoms with van der Waals surface area (Å²) in [6, 6.07) is 18.9. The zero-order valence-corrected chi connectivity index (χ0v) is 16.3. The van der Waals surface area contributed by atoms with E-state index in [0.29, 0.717) is 4.58 Å². The van der Waals surface area contributed by atoms with E-state index in [0.717, 1.165) is 10.2 Å². The fraction of sp³-hybridized carbons (Fsp3) is 0.211. The van der Waals surface area contributed by atoms with Crippen LogP contribution >= 0.6 is 39.5 Å². The number of thioether (sulfide) groups is 2. The predicted octanol–water partition coefficient (Wildman–Crippen LogP) is 6.17. The van der Waals surface area contributed by atoms with Gasteiger partial charge < -0.3 is 0 Å². The minimum absolute atomic E-state index is 0.419. The van der Waals surface area contributed by atoms with Gasteiger partial charge in [-0.3, -0.25) is 0 Å². The van der Waals surface area contributed by atoms with Crippen molar-refractivity contribution in [3.8, 4) is 16.8 Å². The molecule has 1 aliphatic rings. The van der Waals surface area contributed by atoms with E-state index in [2.05, 4.69) is 64.6 Å². The van der Waals surface area contributed by atoms with Gasteiger partial charge in [0.1, 0.15) is 0 Å². The van der Waals surface area contributed by atoms with Crippen LogP contribution < -0.4 is 0 Å². The monoisotopic (exact) mass is 416 g/mol. The van der Waals surface area contributed by atoms with Crippen LogP contribution in [0.25, 0.3) is 16.8 Å². The normalized spacial score (nSPS) is 15.5. The Hall–Kier alpha value is -1.17. The standard InChI is InChI=1S/C19H17BrN2S2/c20-15-8-4-9-16(12-15)22-13-17(14-6-2-1-3-7-14)18(21-22)19-23-10-5-11-24-19/h1-4,6-9,12-13,19H,5,10-11H2. The van der Waals surface area contributed by atoms with E-state index in [1.165, 1.54) is 34.7 Å². The van der Waals surface area contributed by atoms with Crippen LogP contribution in [0.1, 0.15) is 16.7 Å². The highest BCUT2D eigenvalue weighted by molar-refractivity contribution is 9.10. The first-order chi connectivity index (χ1) is 11.8. The maximum atomic E-state index is 4.98. The number of nitrogens with zero attached hydrogens (tertiary/aromatic N) is 2. The van der Waals surface area contributed by atoms with Gasteiger partial charge in [-0.05, 0) is 41.7 Å². The molecule has 24 heavy (non-hydrogen) atoms. The summed E-state index contributed by atoms with van der Waals surface area (Å²) in [5.41, 5.74) is 4.75. The van der Waals surface area contributed by atoms with Crippen molar-refractivity contribution in [3.63, 3.8) is 0 Å². The first kappa shape index (κ1) is 16.3. The SMILES string of the molecule is Brc1cccc(-n2cc(-c3ccccc3)c(C3SCCCS3)n2)c1. The molecule has 3 aromatic rings. The zero-order valence-electron chi connectivity index (χ0n) is 13.1. The van der Waals surface area contributed by atoms with Gasteiger partial charge in [0.15, 0.2) is 0 Å². The Morgan fingerprint density at radius 3 is 2.54 bits per heavy atom. The molecule has 0 bridgehead atoms. The van der Waals surface area contributed by atoms with E-state index in [4.69, 9.17) is 5.10 Å². The molecule has 0 spiro atoms. The van der Waals surface area contributed by atoms with Gasteiger partial charge in [0.05, 0.1) is 16.0 Å². The minimum Gasteiger partial charge on any atom is -0.240 e. The lowest BCUT2D eigenvalue weighted by molar-refractivity contribution is 0.855.